The Kier molecular flexibility index (Phi) is 13.8. The van der Waals surface area contributed by atoms with E-state index >= 15 is 0 Å². The van der Waals surface area contributed by atoms with Crippen molar-refractivity contribution in [2.24, 2.45) is 5.92 Å². The summed E-state index contributed by atoms with van der Waals surface area (Å²) in [5, 5.41) is 0. The fraction of sp³-hybridized carbons (Fsp3) is 0.700. The van der Waals surface area contributed by atoms with Gasteiger partial charge < -0.3 is 9.47 Å². The molecular formula is C20H46O2Si7. The predicted molar refractivity (Wildman–Crippen MR) is 152 cm³/mol. The van der Waals surface area contributed by atoms with Crippen LogP contribution in [0.15, 0.2) is 24.3 Å². The Morgan fingerprint density at radius 2 is 1.69 bits per heavy atom. The smallest absolute Gasteiger partial charge is 0.183 e. The third kappa shape index (κ3) is 9.36. The van der Waals surface area contributed by atoms with Crippen LogP contribution in [0, 0.1) is 5.92 Å². The number of hydrogen-bond acceptors (Lipinski definition) is 2. The van der Waals surface area contributed by atoms with Crippen LogP contribution in [-0.4, -0.2) is 75.3 Å². The lowest BCUT2D eigenvalue weighted by atomic mass is 9.77. The first-order valence-electron chi connectivity index (χ1n) is 12.5. The van der Waals surface area contributed by atoms with Crippen LogP contribution in [0.3, 0.4) is 0 Å². The molecule has 0 spiro atoms. The molecule has 1 atom stereocenters. The molecule has 2 rings (SSSR count). The average molecular weight is 515 g/mol. The summed E-state index contributed by atoms with van der Waals surface area (Å²) in [6.45, 7) is 2.70. The van der Waals surface area contributed by atoms with E-state index in [1.165, 1.54) is 31.2 Å². The van der Waals surface area contributed by atoms with E-state index in [1.54, 1.807) is 45.9 Å². The second-order valence-corrected chi connectivity index (χ2v) is 62.8. The first kappa shape index (κ1) is 25.9. The lowest BCUT2D eigenvalue weighted by molar-refractivity contribution is -0.124. The van der Waals surface area contributed by atoms with Crippen molar-refractivity contribution in [2.75, 3.05) is 13.7 Å². The summed E-state index contributed by atoms with van der Waals surface area (Å²) in [5.41, 5.74) is 2.67. The Hall–Kier alpha value is 0.658. The molecule has 166 valence electrons. The highest BCUT2D eigenvalue weighted by atomic mass is 30.0. The summed E-state index contributed by atoms with van der Waals surface area (Å²) in [4.78, 5) is 0. The van der Waals surface area contributed by atoms with E-state index in [4.69, 9.17) is 9.47 Å². The maximum atomic E-state index is 5.66. The summed E-state index contributed by atoms with van der Waals surface area (Å²) in [7, 11) is 7.76. The minimum absolute atomic E-state index is 0.0747. The normalized spacial score (nSPS) is 23.7. The van der Waals surface area contributed by atoms with E-state index < -0.39 is 0 Å². The number of methoxy groups -OCH3 is 1. The molecule has 0 aromatic heterocycles. The number of hydrogen-bond donors (Lipinski definition) is 0. The molecule has 1 unspecified atom stereocenters. The van der Waals surface area contributed by atoms with E-state index in [2.05, 4.69) is 24.3 Å². The molecule has 1 aromatic rings. The number of rotatable bonds is 14. The van der Waals surface area contributed by atoms with Gasteiger partial charge in [-0.05, 0) is 104 Å². The molecule has 0 bridgehead atoms. The van der Waals surface area contributed by atoms with Gasteiger partial charge in [-0.15, -0.1) is 0 Å². The lowest BCUT2D eigenvalue weighted by Gasteiger charge is -2.29. The first-order chi connectivity index (χ1) is 14.2. The summed E-state index contributed by atoms with van der Waals surface area (Å²) >= 11 is 0. The fourth-order valence-corrected chi connectivity index (χ4v) is 182. The Bertz CT molecular complexity index is 532. The van der Waals surface area contributed by atoms with Crippen molar-refractivity contribution in [3.8, 4) is 0 Å². The highest BCUT2D eigenvalue weighted by Gasteiger charge is 2.22. The van der Waals surface area contributed by atoms with Crippen LogP contribution in [-0.2, 0) is 9.47 Å². The fourth-order valence-electron chi connectivity index (χ4n) is 5.28. The van der Waals surface area contributed by atoms with Crippen molar-refractivity contribution >= 4 is 61.6 Å². The molecular weight excluding hydrogens is 469 g/mol. The minimum atomic E-state index is -0.221. The van der Waals surface area contributed by atoms with Crippen LogP contribution < -0.4 is 0 Å². The number of unbranched alkanes of at least 4 members (excludes halogenated alkanes) is 1. The molecule has 1 fully saturated rings. The van der Waals surface area contributed by atoms with Crippen LogP contribution in [0.1, 0.15) is 75.2 Å². The zero-order valence-corrected chi connectivity index (χ0v) is 30.4. The van der Waals surface area contributed by atoms with Crippen LogP contribution in [0.25, 0.3) is 0 Å². The van der Waals surface area contributed by atoms with Crippen LogP contribution in [0.2, 0.25) is 6.04 Å². The highest BCUT2D eigenvalue weighted by molar-refractivity contribution is 7.66. The van der Waals surface area contributed by atoms with Gasteiger partial charge in [0.2, 0.25) is 0 Å². The van der Waals surface area contributed by atoms with Gasteiger partial charge in [0.15, 0.2) is 6.29 Å². The summed E-state index contributed by atoms with van der Waals surface area (Å²) in [6, 6.07) is 10.9. The van der Waals surface area contributed by atoms with Crippen molar-refractivity contribution in [2.45, 2.75) is 70.1 Å². The van der Waals surface area contributed by atoms with Crippen molar-refractivity contribution in [3.63, 3.8) is 0 Å². The molecule has 1 aromatic carbocycles. The standard InChI is InChI=1S/C20H46O2Si7/c1-3-22-20(21-2)19-13-11-18(12-14-19)17-9-7-16(8-10-17)6-4-5-15-29(27-25-23)28-26-24/h11-14,16-17,20,29H,3-10,15,25-28H2,1-2,23-24H3/t16-,17-,20?. The molecule has 0 amide bonds. The topological polar surface area (TPSA) is 18.5 Å². The van der Waals surface area contributed by atoms with Crippen LogP contribution in [0.4, 0.5) is 0 Å². The third-order valence-corrected chi connectivity index (χ3v) is 100. The Morgan fingerprint density at radius 1 is 1.03 bits per heavy atom. The second kappa shape index (κ2) is 15.5. The Balaban J connectivity index is 1.69. The maximum Gasteiger partial charge on any atom is 0.183 e. The molecule has 2 nitrogen and oxygen atoms in total. The average Bonchev–Trinajstić information content (AvgIpc) is 2.76. The van der Waals surface area contributed by atoms with Crippen LogP contribution >= 0.6 is 0 Å². The van der Waals surface area contributed by atoms with Gasteiger partial charge >= 0.3 is 0 Å². The molecule has 1 aliphatic carbocycles. The van der Waals surface area contributed by atoms with Gasteiger partial charge in [0.25, 0.3) is 0 Å². The molecule has 1 aliphatic rings. The van der Waals surface area contributed by atoms with Gasteiger partial charge in [-0.3, -0.25) is 0 Å². The van der Waals surface area contributed by atoms with Crippen molar-refractivity contribution in [3.05, 3.63) is 35.4 Å². The van der Waals surface area contributed by atoms with Crippen molar-refractivity contribution in [1.82, 2.24) is 0 Å². The second-order valence-electron chi connectivity index (χ2n) is 9.14. The van der Waals surface area contributed by atoms with E-state index in [1.807, 2.05) is 13.0 Å². The molecule has 29 heavy (non-hydrogen) atoms. The van der Waals surface area contributed by atoms with Gasteiger partial charge in [0.1, 0.15) is 0 Å². The SMILES string of the molecule is CCOC(OC)c1ccc([C@H]2CC[C@H](CCCC[SiH]([SiH2][SiH2][SiH3])[SiH2][SiH2][SiH3])CC2)cc1. The monoisotopic (exact) mass is 514 g/mol. The van der Waals surface area contributed by atoms with E-state index in [-0.39, 0.29) is 14.1 Å². The van der Waals surface area contributed by atoms with E-state index in [0.29, 0.717) is 40.8 Å². The number of benzene rings is 1. The number of ether oxygens (including phenoxy) is 2. The lowest BCUT2D eigenvalue weighted by Crippen LogP contribution is -2.37. The molecule has 0 radical (unpaired) electrons. The summed E-state index contributed by atoms with van der Waals surface area (Å²) in [6.07, 6.45) is 10.3. The van der Waals surface area contributed by atoms with Gasteiger partial charge in [-0.1, -0.05) is 49.6 Å². The molecule has 0 heterocycles. The third-order valence-electron chi connectivity index (χ3n) is 6.93. The summed E-state index contributed by atoms with van der Waals surface area (Å²) < 4.78 is 11.1. The zero-order chi connectivity index (χ0) is 20.9. The van der Waals surface area contributed by atoms with Crippen molar-refractivity contribution < 1.29 is 9.47 Å². The molecule has 0 aliphatic heterocycles. The van der Waals surface area contributed by atoms with Gasteiger partial charge in [0, 0.05) is 27.1 Å². The largest absolute Gasteiger partial charge is 0.352 e. The maximum absolute atomic E-state index is 5.66. The highest BCUT2D eigenvalue weighted by Crippen LogP contribution is 2.38. The van der Waals surface area contributed by atoms with Crippen molar-refractivity contribution in [1.29, 1.82) is 0 Å². The van der Waals surface area contributed by atoms with Gasteiger partial charge in [-0.2, -0.15) is 0 Å². The quantitative estimate of drug-likeness (QED) is 0.182. The molecule has 1 saturated carbocycles. The Labute approximate surface area is 195 Å². The minimum Gasteiger partial charge on any atom is -0.352 e. The molecule has 9 heteroatoms. The van der Waals surface area contributed by atoms with Gasteiger partial charge in [-0.25, -0.2) is 0 Å². The van der Waals surface area contributed by atoms with Crippen LogP contribution in [0.5, 0.6) is 0 Å². The molecule has 0 N–H and O–H groups in total. The Morgan fingerprint density at radius 3 is 2.24 bits per heavy atom. The van der Waals surface area contributed by atoms with E-state index in [9.17, 15) is 0 Å². The predicted octanol–water partition coefficient (Wildman–Crippen LogP) is -0.901. The van der Waals surface area contributed by atoms with Gasteiger partial charge in [0.05, 0.1) is 0 Å². The zero-order valence-electron chi connectivity index (χ0n) is 19.6. The first-order valence-corrected chi connectivity index (χ1v) is 39.1. The summed E-state index contributed by atoms with van der Waals surface area (Å²) in [5.74, 6) is 1.82. The molecule has 0 saturated heterocycles. The van der Waals surface area contributed by atoms with E-state index in [0.717, 1.165) is 17.4 Å².